The van der Waals surface area contributed by atoms with Gasteiger partial charge < -0.3 is 0 Å². The lowest BCUT2D eigenvalue weighted by Gasteiger charge is -2.41. The average molecular weight is 423 g/mol. The third kappa shape index (κ3) is 16.7. The Morgan fingerprint density at radius 2 is 0.733 bits per heavy atom. The van der Waals surface area contributed by atoms with Gasteiger partial charge in [-0.3, -0.25) is 0 Å². The Bertz CT molecular complexity index is 328. The maximum atomic E-state index is 2.48. The Morgan fingerprint density at radius 1 is 0.433 bits per heavy atom. The monoisotopic (exact) mass is 422 g/mol. The number of hydrogen-bond acceptors (Lipinski definition) is 0. The Balaban J connectivity index is 3.70. The molecule has 0 aliphatic heterocycles. The molecule has 0 heterocycles. The van der Waals surface area contributed by atoms with Crippen molar-refractivity contribution in [3.05, 3.63) is 0 Å². The summed E-state index contributed by atoms with van der Waals surface area (Å²) in [5.41, 5.74) is 0.582. The minimum Gasteiger partial charge on any atom is -0.0654 e. The summed E-state index contributed by atoms with van der Waals surface area (Å²) in [5, 5.41) is 0. The molecule has 0 unspecified atom stereocenters. The summed E-state index contributed by atoms with van der Waals surface area (Å²) in [6, 6.07) is 0. The molecule has 0 fully saturated rings. The van der Waals surface area contributed by atoms with Crippen LogP contribution in [0.5, 0.6) is 0 Å². The van der Waals surface area contributed by atoms with Gasteiger partial charge in [-0.25, -0.2) is 0 Å². The van der Waals surface area contributed by atoms with Gasteiger partial charge in [0.25, 0.3) is 0 Å². The van der Waals surface area contributed by atoms with E-state index in [9.17, 15) is 0 Å². The van der Waals surface area contributed by atoms with Gasteiger partial charge in [-0.05, 0) is 42.4 Å². The molecule has 0 nitrogen and oxygen atoms in total. The summed E-state index contributed by atoms with van der Waals surface area (Å²) < 4.78 is 0. The van der Waals surface area contributed by atoms with Crippen LogP contribution in [0.2, 0.25) is 0 Å². The van der Waals surface area contributed by atoms with Crippen LogP contribution in [0.1, 0.15) is 170 Å². The molecule has 0 saturated heterocycles. The molecule has 0 atom stereocenters. The van der Waals surface area contributed by atoms with Gasteiger partial charge in [0, 0.05) is 0 Å². The van der Waals surface area contributed by atoms with Crippen molar-refractivity contribution < 1.29 is 0 Å². The van der Waals surface area contributed by atoms with Crippen molar-refractivity contribution in [2.45, 2.75) is 170 Å². The van der Waals surface area contributed by atoms with Crippen LogP contribution in [-0.4, -0.2) is 0 Å². The van der Waals surface area contributed by atoms with Crippen LogP contribution in [0, 0.1) is 23.2 Å². The Labute approximate surface area is 193 Å². The van der Waals surface area contributed by atoms with Crippen molar-refractivity contribution in [2.75, 3.05) is 0 Å². The van der Waals surface area contributed by atoms with Gasteiger partial charge in [-0.15, -0.1) is 0 Å². The van der Waals surface area contributed by atoms with E-state index in [0.717, 1.165) is 17.8 Å². The van der Waals surface area contributed by atoms with E-state index >= 15 is 0 Å². The highest BCUT2D eigenvalue weighted by molar-refractivity contribution is 4.84. The molecule has 30 heavy (non-hydrogen) atoms. The van der Waals surface area contributed by atoms with E-state index in [-0.39, 0.29) is 0 Å². The smallest absolute Gasteiger partial charge is 0.0270 e. The molecule has 0 heteroatoms. The minimum absolute atomic E-state index is 0.582. The molecule has 0 spiro atoms. The average Bonchev–Trinajstić information content (AvgIpc) is 2.66. The molecule has 182 valence electrons. The normalized spacial score (nSPS) is 12.6. The van der Waals surface area contributed by atoms with E-state index in [4.69, 9.17) is 0 Å². The zero-order valence-corrected chi connectivity index (χ0v) is 22.7. The predicted octanol–water partition coefficient (Wildman–Crippen LogP) is 11.4. The predicted molar refractivity (Wildman–Crippen MR) is 140 cm³/mol. The quantitative estimate of drug-likeness (QED) is 0.152. The first-order chi connectivity index (χ1) is 14.3. The van der Waals surface area contributed by atoms with Crippen LogP contribution >= 0.6 is 0 Å². The first kappa shape index (κ1) is 30.0. The number of rotatable bonds is 22. The highest BCUT2D eigenvalue weighted by Gasteiger charge is 2.34. The van der Waals surface area contributed by atoms with E-state index in [1.807, 2.05) is 0 Å². The Kier molecular flexibility index (Phi) is 19.7. The molecule has 0 aromatic carbocycles. The Morgan fingerprint density at radius 3 is 1.00 bits per heavy atom. The molecular weight excluding hydrogens is 360 g/mol. The maximum Gasteiger partial charge on any atom is -0.0270 e. The molecule has 0 rings (SSSR count). The second-order valence-corrected chi connectivity index (χ2v) is 11.8. The fourth-order valence-corrected chi connectivity index (χ4v) is 5.70. The fraction of sp³-hybridized carbons (Fsp3) is 1.00. The fourth-order valence-electron chi connectivity index (χ4n) is 5.70. The summed E-state index contributed by atoms with van der Waals surface area (Å²) in [6.45, 7) is 17.0. The third-order valence-corrected chi connectivity index (χ3v) is 7.38. The molecule has 0 aromatic heterocycles. The topological polar surface area (TPSA) is 0 Å². The van der Waals surface area contributed by atoms with E-state index in [1.54, 1.807) is 0 Å². The molecule has 0 aromatic rings. The second kappa shape index (κ2) is 19.7. The standard InChI is InChI=1S/C30H62/c1-8-9-10-11-12-13-14-15-16-17-18-19-20-21-22-23-24-30(29(6)7,25-27(2)3)26-28(4)5/h27-29H,8-26H2,1-7H3. The minimum atomic E-state index is 0.582. The van der Waals surface area contributed by atoms with E-state index < -0.39 is 0 Å². The van der Waals surface area contributed by atoms with E-state index in [0.29, 0.717) is 5.41 Å². The van der Waals surface area contributed by atoms with Crippen LogP contribution in [0.4, 0.5) is 0 Å². The maximum absolute atomic E-state index is 2.48. The summed E-state index contributed by atoms with van der Waals surface area (Å²) >= 11 is 0. The van der Waals surface area contributed by atoms with Crippen LogP contribution in [0.15, 0.2) is 0 Å². The van der Waals surface area contributed by atoms with Gasteiger partial charge in [-0.1, -0.05) is 151 Å². The van der Waals surface area contributed by atoms with Gasteiger partial charge in [0.2, 0.25) is 0 Å². The van der Waals surface area contributed by atoms with Gasteiger partial charge in [0.15, 0.2) is 0 Å². The third-order valence-electron chi connectivity index (χ3n) is 7.38. The first-order valence-corrected chi connectivity index (χ1v) is 14.3. The molecule has 0 amide bonds. The zero-order chi connectivity index (χ0) is 22.7. The first-order valence-electron chi connectivity index (χ1n) is 14.3. The van der Waals surface area contributed by atoms with Gasteiger partial charge in [0.05, 0.1) is 0 Å². The van der Waals surface area contributed by atoms with Gasteiger partial charge in [0.1, 0.15) is 0 Å². The number of hydrogen-bond donors (Lipinski definition) is 0. The van der Waals surface area contributed by atoms with Crippen molar-refractivity contribution in [3.63, 3.8) is 0 Å². The molecule has 0 saturated carbocycles. The van der Waals surface area contributed by atoms with Crippen molar-refractivity contribution in [3.8, 4) is 0 Å². The second-order valence-electron chi connectivity index (χ2n) is 11.8. The lowest BCUT2D eigenvalue weighted by molar-refractivity contribution is 0.0947. The lowest BCUT2D eigenvalue weighted by atomic mass is 9.64. The highest BCUT2D eigenvalue weighted by Crippen LogP contribution is 2.45. The molecule has 0 N–H and O–H groups in total. The van der Waals surface area contributed by atoms with Crippen molar-refractivity contribution >= 4 is 0 Å². The summed E-state index contributed by atoms with van der Waals surface area (Å²) in [7, 11) is 0. The Hall–Kier alpha value is 0. The summed E-state index contributed by atoms with van der Waals surface area (Å²) in [6.07, 6.45) is 27.7. The molecular formula is C30H62. The summed E-state index contributed by atoms with van der Waals surface area (Å²) in [4.78, 5) is 0. The van der Waals surface area contributed by atoms with Crippen LogP contribution in [0.25, 0.3) is 0 Å². The zero-order valence-electron chi connectivity index (χ0n) is 22.7. The van der Waals surface area contributed by atoms with E-state index in [1.165, 1.54) is 122 Å². The van der Waals surface area contributed by atoms with Crippen LogP contribution in [0.3, 0.4) is 0 Å². The largest absolute Gasteiger partial charge is 0.0654 e. The summed E-state index contributed by atoms with van der Waals surface area (Å²) in [5.74, 6) is 2.47. The molecule has 0 aliphatic rings. The lowest BCUT2D eigenvalue weighted by Crippen LogP contribution is -2.31. The van der Waals surface area contributed by atoms with Crippen molar-refractivity contribution in [2.24, 2.45) is 23.2 Å². The van der Waals surface area contributed by atoms with Gasteiger partial charge >= 0.3 is 0 Å². The van der Waals surface area contributed by atoms with Crippen LogP contribution < -0.4 is 0 Å². The van der Waals surface area contributed by atoms with E-state index in [2.05, 4.69) is 48.5 Å². The van der Waals surface area contributed by atoms with Crippen molar-refractivity contribution in [1.29, 1.82) is 0 Å². The number of unbranched alkanes of at least 4 members (excludes halogenated alkanes) is 15. The SMILES string of the molecule is CCCCCCCCCCCCCCCCCCC(CC(C)C)(CC(C)C)C(C)C. The van der Waals surface area contributed by atoms with Gasteiger partial charge in [-0.2, -0.15) is 0 Å². The van der Waals surface area contributed by atoms with Crippen LogP contribution in [-0.2, 0) is 0 Å². The molecule has 0 radical (unpaired) electrons. The molecule has 0 aliphatic carbocycles. The van der Waals surface area contributed by atoms with Crippen molar-refractivity contribution in [1.82, 2.24) is 0 Å². The molecule has 0 bridgehead atoms. The highest BCUT2D eigenvalue weighted by atomic mass is 14.4.